The van der Waals surface area contributed by atoms with Crippen LogP contribution in [0.3, 0.4) is 0 Å². The molecule has 0 N–H and O–H groups in total. The van der Waals surface area contributed by atoms with Crippen LogP contribution in [0.25, 0.3) is 6.08 Å². The van der Waals surface area contributed by atoms with Crippen LogP contribution in [0.4, 0.5) is 0 Å². The third-order valence-electron chi connectivity index (χ3n) is 5.06. The monoisotopic (exact) mass is 432 g/mol. The Kier molecular flexibility index (Phi) is 7.75. The predicted octanol–water partition coefficient (Wildman–Crippen LogP) is 3.11. The fourth-order valence-electron chi connectivity index (χ4n) is 3.03. The quantitative estimate of drug-likeness (QED) is 0.345. The zero-order chi connectivity index (χ0) is 22.5. The first kappa shape index (κ1) is 23.6. The van der Waals surface area contributed by atoms with Crippen LogP contribution < -0.4 is 0 Å². The molecule has 0 fully saturated rings. The molecule has 0 amide bonds. The molecule has 0 unspecified atom stereocenters. The third-order valence-corrected chi connectivity index (χ3v) is 7.12. The molecule has 8 heteroatoms. The van der Waals surface area contributed by atoms with E-state index in [0.717, 1.165) is 11.4 Å². The topological polar surface area (TPSA) is 85.7 Å². The summed E-state index contributed by atoms with van der Waals surface area (Å²) in [4.78, 5) is 24.4. The Morgan fingerprint density at radius 2 is 1.70 bits per heavy atom. The minimum Gasteiger partial charge on any atom is -0.454 e. The minimum absolute atomic E-state index is 0.199. The fraction of sp³-hybridized carbons (Fsp3) is 0.364. The Bertz CT molecular complexity index is 1050. The molecular weight excluding hydrogens is 404 g/mol. The number of hydrogen-bond donors (Lipinski definition) is 0. The van der Waals surface area contributed by atoms with Crippen molar-refractivity contribution >= 4 is 27.9 Å². The van der Waals surface area contributed by atoms with Gasteiger partial charge in [0, 0.05) is 43.2 Å². The van der Waals surface area contributed by atoms with Crippen molar-refractivity contribution in [2.75, 3.05) is 19.7 Å². The van der Waals surface area contributed by atoms with Crippen molar-refractivity contribution < 1.29 is 22.7 Å². The molecule has 1 aromatic heterocycles. The van der Waals surface area contributed by atoms with E-state index in [9.17, 15) is 18.0 Å². The Morgan fingerprint density at radius 1 is 1.10 bits per heavy atom. The van der Waals surface area contributed by atoms with Crippen molar-refractivity contribution in [2.45, 2.75) is 32.6 Å². The van der Waals surface area contributed by atoms with Gasteiger partial charge in [-0.2, -0.15) is 4.31 Å². The maximum Gasteiger partial charge on any atom is 0.331 e. The van der Waals surface area contributed by atoms with Gasteiger partial charge in [-0.1, -0.05) is 26.0 Å². The van der Waals surface area contributed by atoms with Gasteiger partial charge in [0.1, 0.15) is 0 Å². The maximum atomic E-state index is 12.5. The van der Waals surface area contributed by atoms with Crippen LogP contribution in [-0.4, -0.2) is 48.7 Å². The average molecular weight is 433 g/mol. The molecule has 0 bridgehead atoms. The van der Waals surface area contributed by atoms with E-state index >= 15 is 0 Å². The first-order valence-corrected chi connectivity index (χ1v) is 11.2. The van der Waals surface area contributed by atoms with E-state index in [1.807, 2.05) is 25.5 Å². The molecular formula is C22H28N2O5S. The largest absolute Gasteiger partial charge is 0.454 e. The highest BCUT2D eigenvalue weighted by Gasteiger charge is 2.21. The van der Waals surface area contributed by atoms with Gasteiger partial charge in [-0.05, 0) is 43.7 Å². The smallest absolute Gasteiger partial charge is 0.331 e. The summed E-state index contributed by atoms with van der Waals surface area (Å²) in [6.07, 6.45) is 2.73. The van der Waals surface area contributed by atoms with Crippen molar-refractivity contribution in [2.24, 2.45) is 7.05 Å². The number of esters is 1. The lowest BCUT2D eigenvalue weighted by Crippen LogP contribution is -2.30. The molecule has 1 aromatic carbocycles. The number of ether oxygens (including phenoxy) is 1. The van der Waals surface area contributed by atoms with Crippen molar-refractivity contribution in [1.82, 2.24) is 8.87 Å². The summed E-state index contributed by atoms with van der Waals surface area (Å²) in [5.74, 6) is -0.905. The lowest BCUT2D eigenvalue weighted by molar-refractivity contribution is -0.136. The van der Waals surface area contributed by atoms with Crippen LogP contribution in [0, 0.1) is 13.8 Å². The number of carbonyl (C=O) groups excluding carboxylic acids is 2. The Labute approximate surface area is 178 Å². The van der Waals surface area contributed by atoms with E-state index in [-0.39, 0.29) is 17.3 Å². The van der Waals surface area contributed by atoms with Crippen LogP contribution in [0.5, 0.6) is 0 Å². The maximum absolute atomic E-state index is 12.5. The highest BCUT2D eigenvalue weighted by molar-refractivity contribution is 7.89. The predicted molar refractivity (Wildman–Crippen MR) is 116 cm³/mol. The zero-order valence-corrected chi connectivity index (χ0v) is 18.8. The van der Waals surface area contributed by atoms with Gasteiger partial charge in [-0.3, -0.25) is 4.79 Å². The summed E-state index contributed by atoms with van der Waals surface area (Å²) >= 11 is 0. The molecule has 0 aliphatic heterocycles. The molecule has 0 saturated heterocycles. The first-order valence-electron chi connectivity index (χ1n) is 9.73. The summed E-state index contributed by atoms with van der Waals surface area (Å²) in [5.41, 5.74) is 2.96. The Morgan fingerprint density at radius 3 is 2.20 bits per heavy atom. The standard InChI is InChI=1S/C22H28N2O5S/c1-6-24(7-2)30(27,28)19-11-8-18(9-12-19)10-13-22(26)29-15-21(25)20-14-16(3)23(5)17(20)4/h8-14H,6-7,15H2,1-5H3. The second-order valence-corrected chi connectivity index (χ2v) is 8.80. The van der Waals surface area contributed by atoms with Crippen molar-refractivity contribution in [3.8, 4) is 0 Å². The number of aryl methyl sites for hydroxylation is 1. The molecule has 1 heterocycles. The van der Waals surface area contributed by atoms with E-state index in [4.69, 9.17) is 4.74 Å². The minimum atomic E-state index is -3.52. The van der Waals surface area contributed by atoms with Gasteiger partial charge >= 0.3 is 5.97 Å². The number of nitrogens with zero attached hydrogens (tertiary/aromatic N) is 2. The van der Waals surface area contributed by atoms with E-state index in [2.05, 4.69) is 0 Å². The Hall–Kier alpha value is -2.71. The molecule has 2 aromatic rings. The summed E-state index contributed by atoms with van der Waals surface area (Å²) < 4.78 is 33.3. The number of Topliss-reactive ketones (excluding diaryl/α,β-unsaturated/α-hetero) is 1. The number of benzene rings is 1. The summed E-state index contributed by atoms with van der Waals surface area (Å²) in [7, 11) is -1.65. The third kappa shape index (κ3) is 5.25. The summed E-state index contributed by atoms with van der Waals surface area (Å²) in [6.45, 7) is 7.77. The van der Waals surface area contributed by atoms with Crippen molar-refractivity contribution in [3.05, 3.63) is 58.9 Å². The highest BCUT2D eigenvalue weighted by atomic mass is 32.2. The summed E-state index contributed by atoms with van der Waals surface area (Å²) in [5, 5.41) is 0. The number of rotatable bonds is 9. The van der Waals surface area contributed by atoms with Crippen molar-refractivity contribution in [3.63, 3.8) is 0 Å². The number of carbonyl (C=O) groups is 2. The molecule has 0 spiro atoms. The summed E-state index contributed by atoms with van der Waals surface area (Å²) in [6, 6.07) is 8.00. The van der Waals surface area contributed by atoms with Gasteiger partial charge in [-0.25, -0.2) is 13.2 Å². The Balaban J connectivity index is 1.98. The zero-order valence-electron chi connectivity index (χ0n) is 18.0. The molecule has 0 atom stereocenters. The van der Waals surface area contributed by atoms with Gasteiger partial charge in [0.2, 0.25) is 15.8 Å². The molecule has 162 valence electrons. The molecule has 7 nitrogen and oxygen atoms in total. The number of hydrogen-bond acceptors (Lipinski definition) is 5. The van der Waals surface area contributed by atoms with Crippen LogP contribution in [0.2, 0.25) is 0 Å². The number of aromatic nitrogens is 1. The van der Waals surface area contributed by atoms with E-state index in [1.54, 1.807) is 32.0 Å². The normalized spacial score (nSPS) is 11.9. The van der Waals surface area contributed by atoms with Crippen molar-refractivity contribution in [1.29, 1.82) is 0 Å². The molecule has 0 aliphatic carbocycles. The SMILES string of the molecule is CCN(CC)S(=O)(=O)c1ccc(C=CC(=O)OCC(=O)c2cc(C)n(C)c2C)cc1. The molecule has 0 saturated carbocycles. The van der Waals surface area contributed by atoms with E-state index in [1.165, 1.54) is 28.6 Å². The van der Waals surface area contributed by atoms with Crippen LogP contribution in [-0.2, 0) is 26.6 Å². The van der Waals surface area contributed by atoms with E-state index < -0.39 is 16.0 Å². The van der Waals surface area contributed by atoms with Crippen LogP contribution in [0.1, 0.15) is 41.2 Å². The lowest BCUT2D eigenvalue weighted by Gasteiger charge is -2.18. The number of sulfonamides is 1. The van der Waals surface area contributed by atoms with Crippen LogP contribution in [0.15, 0.2) is 41.3 Å². The highest BCUT2D eigenvalue weighted by Crippen LogP contribution is 2.17. The average Bonchev–Trinajstić information content (AvgIpc) is 2.98. The van der Waals surface area contributed by atoms with Gasteiger partial charge in [0.05, 0.1) is 4.90 Å². The van der Waals surface area contributed by atoms with Gasteiger partial charge in [0.25, 0.3) is 0 Å². The molecule has 0 aliphatic rings. The lowest BCUT2D eigenvalue weighted by atomic mass is 10.1. The van der Waals surface area contributed by atoms with Gasteiger partial charge in [-0.15, -0.1) is 0 Å². The fourth-order valence-corrected chi connectivity index (χ4v) is 4.49. The van der Waals surface area contributed by atoms with Gasteiger partial charge < -0.3 is 9.30 Å². The van der Waals surface area contributed by atoms with Crippen LogP contribution >= 0.6 is 0 Å². The molecule has 30 heavy (non-hydrogen) atoms. The first-order chi connectivity index (χ1) is 14.1. The second kappa shape index (κ2) is 9.86. The second-order valence-electron chi connectivity index (χ2n) is 6.87. The molecule has 0 radical (unpaired) electrons. The number of ketones is 1. The molecule has 2 rings (SSSR count). The van der Waals surface area contributed by atoms with E-state index in [0.29, 0.717) is 24.2 Å². The van der Waals surface area contributed by atoms with Gasteiger partial charge in [0.15, 0.2) is 6.61 Å².